The molecule has 0 aromatic heterocycles. The van der Waals surface area contributed by atoms with Gasteiger partial charge in [0.25, 0.3) is 5.91 Å². The number of Topliss-reactive ketones (excluding diaryl/α,β-unsaturated/α-hetero) is 1. The van der Waals surface area contributed by atoms with E-state index < -0.39 is 17.5 Å². The fourth-order valence-electron chi connectivity index (χ4n) is 3.51. The third-order valence-corrected chi connectivity index (χ3v) is 5.25. The van der Waals surface area contributed by atoms with E-state index in [1.54, 1.807) is 29.2 Å². The molecule has 0 bridgehead atoms. The number of nitrogens with one attached hydrogen (secondary N) is 1. The van der Waals surface area contributed by atoms with E-state index in [-0.39, 0.29) is 30.1 Å². The van der Waals surface area contributed by atoms with Crippen LogP contribution in [0.1, 0.15) is 41.5 Å². The number of hydrogen-bond acceptors (Lipinski definition) is 4. The third-order valence-electron chi connectivity index (χ3n) is 5.25. The van der Waals surface area contributed by atoms with Crippen molar-refractivity contribution in [3.05, 3.63) is 35.4 Å². The van der Waals surface area contributed by atoms with Gasteiger partial charge in [-0.2, -0.15) is 0 Å². The summed E-state index contributed by atoms with van der Waals surface area (Å²) in [7, 11) is 0. The van der Waals surface area contributed by atoms with E-state index in [1.807, 2.05) is 20.8 Å². The molecule has 0 saturated carbocycles. The molecule has 2 amide bonds. The standard InChI is InChI=1S/C18H23N3O3/c1-10(2)14(19)17(24)21-8-13-18(3,9-21)15(22)11-6-4-5-7-12(11)16(23)20-13/h4-7,10,13-14H,8-9,19H2,1-3H3,(H,20,23)/t13-,14?,18+/m1/s1. The maximum absolute atomic E-state index is 13.1. The van der Waals surface area contributed by atoms with Gasteiger partial charge in [0.2, 0.25) is 5.91 Å². The minimum Gasteiger partial charge on any atom is -0.346 e. The summed E-state index contributed by atoms with van der Waals surface area (Å²) in [5, 5.41) is 2.93. The average Bonchev–Trinajstić information content (AvgIpc) is 2.87. The molecule has 0 radical (unpaired) electrons. The molecule has 3 N–H and O–H groups in total. The Balaban J connectivity index is 1.95. The van der Waals surface area contributed by atoms with Crippen molar-refractivity contribution in [3.8, 4) is 0 Å². The summed E-state index contributed by atoms with van der Waals surface area (Å²) in [6.07, 6.45) is 0. The predicted molar refractivity (Wildman–Crippen MR) is 89.5 cm³/mol. The Kier molecular flexibility index (Phi) is 3.95. The number of carbonyl (C=O) groups excluding carboxylic acids is 3. The normalized spacial score (nSPS) is 27.4. The summed E-state index contributed by atoms with van der Waals surface area (Å²) in [6.45, 7) is 6.17. The minimum absolute atomic E-state index is 0.0155. The zero-order valence-electron chi connectivity index (χ0n) is 14.2. The molecule has 3 atom stereocenters. The van der Waals surface area contributed by atoms with Gasteiger partial charge in [0.1, 0.15) is 0 Å². The Morgan fingerprint density at radius 1 is 1.29 bits per heavy atom. The van der Waals surface area contributed by atoms with Gasteiger partial charge in [0.15, 0.2) is 5.78 Å². The zero-order valence-corrected chi connectivity index (χ0v) is 14.2. The predicted octanol–water partition coefficient (Wildman–Crippen LogP) is 0.813. The van der Waals surface area contributed by atoms with E-state index in [2.05, 4.69) is 5.32 Å². The number of rotatable bonds is 2. The van der Waals surface area contributed by atoms with Gasteiger partial charge in [-0.3, -0.25) is 14.4 Å². The van der Waals surface area contributed by atoms with Crippen molar-refractivity contribution in [3.63, 3.8) is 0 Å². The van der Waals surface area contributed by atoms with Crippen molar-refractivity contribution in [2.75, 3.05) is 13.1 Å². The molecular formula is C18H23N3O3. The van der Waals surface area contributed by atoms with Gasteiger partial charge in [-0.25, -0.2) is 0 Å². The summed E-state index contributed by atoms with van der Waals surface area (Å²) in [5.74, 6) is -0.527. The molecule has 2 aliphatic rings. The monoisotopic (exact) mass is 329 g/mol. The second kappa shape index (κ2) is 5.70. The Morgan fingerprint density at radius 2 is 1.92 bits per heavy atom. The number of benzene rings is 1. The van der Waals surface area contributed by atoms with Crippen molar-refractivity contribution in [2.45, 2.75) is 32.9 Å². The SMILES string of the molecule is CC(C)C(N)C(=O)N1C[C@H]2NC(=O)c3ccccc3C(=O)[C@@]2(C)C1. The minimum atomic E-state index is -0.839. The van der Waals surface area contributed by atoms with E-state index >= 15 is 0 Å². The Hall–Kier alpha value is -2.21. The number of amides is 2. The first kappa shape index (κ1) is 16.6. The van der Waals surface area contributed by atoms with Crippen LogP contribution in [0.4, 0.5) is 0 Å². The summed E-state index contributed by atoms with van der Waals surface area (Å²) < 4.78 is 0. The van der Waals surface area contributed by atoms with Gasteiger partial charge >= 0.3 is 0 Å². The highest BCUT2D eigenvalue weighted by Crippen LogP contribution is 2.37. The van der Waals surface area contributed by atoms with Crippen molar-refractivity contribution < 1.29 is 14.4 Å². The molecule has 1 aromatic carbocycles. The van der Waals surface area contributed by atoms with Crippen LogP contribution >= 0.6 is 0 Å². The van der Waals surface area contributed by atoms with E-state index in [1.165, 1.54) is 0 Å². The molecule has 6 heteroatoms. The average molecular weight is 329 g/mol. The first-order valence-corrected chi connectivity index (χ1v) is 8.24. The molecule has 2 heterocycles. The molecule has 24 heavy (non-hydrogen) atoms. The van der Waals surface area contributed by atoms with Gasteiger partial charge in [-0.15, -0.1) is 0 Å². The zero-order chi connectivity index (χ0) is 17.6. The molecule has 1 saturated heterocycles. The van der Waals surface area contributed by atoms with E-state index in [0.717, 1.165) is 0 Å². The Bertz CT molecular complexity index is 715. The van der Waals surface area contributed by atoms with Gasteiger partial charge in [0, 0.05) is 18.7 Å². The highest BCUT2D eigenvalue weighted by molar-refractivity contribution is 6.12. The lowest BCUT2D eigenvalue weighted by Crippen LogP contribution is -2.47. The maximum Gasteiger partial charge on any atom is 0.252 e. The number of carbonyl (C=O) groups is 3. The third kappa shape index (κ3) is 2.41. The molecule has 1 unspecified atom stereocenters. The van der Waals surface area contributed by atoms with Gasteiger partial charge in [-0.1, -0.05) is 32.0 Å². The quantitative estimate of drug-likeness (QED) is 0.840. The number of nitrogens with two attached hydrogens (primary N) is 1. The van der Waals surface area contributed by atoms with E-state index in [9.17, 15) is 14.4 Å². The second-order valence-electron chi connectivity index (χ2n) is 7.31. The molecule has 0 spiro atoms. The van der Waals surface area contributed by atoms with Crippen LogP contribution in [0.3, 0.4) is 0 Å². The van der Waals surface area contributed by atoms with Crippen LogP contribution in [0, 0.1) is 11.3 Å². The first-order valence-electron chi connectivity index (χ1n) is 8.24. The summed E-state index contributed by atoms with van der Waals surface area (Å²) in [4.78, 5) is 39.7. The first-order chi connectivity index (χ1) is 11.3. The van der Waals surface area contributed by atoms with Crippen LogP contribution in [0.25, 0.3) is 0 Å². The van der Waals surface area contributed by atoms with Crippen LogP contribution < -0.4 is 11.1 Å². The maximum atomic E-state index is 13.1. The molecule has 0 aliphatic carbocycles. The Morgan fingerprint density at radius 3 is 2.54 bits per heavy atom. The number of nitrogens with zero attached hydrogens (tertiary/aromatic N) is 1. The van der Waals surface area contributed by atoms with Crippen LogP contribution in [0.5, 0.6) is 0 Å². The van der Waals surface area contributed by atoms with Crippen LogP contribution in [-0.2, 0) is 4.79 Å². The lowest BCUT2D eigenvalue weighted by Gasteiger charge is -2.27. The summed E-state index contributed by atoms with van der Waals surface area (Å²) >= 11 is 0. The Labute approximate surface area is 141 Å². The summed E-state index contributed by atoms with van der Waals surface area (Å²) in [6, 6.07) is 5.81. The number of hydrogen-bond donors (Lipinski definition) is 2. The van der Waals surface area contributed by atoms with Crippen LogP contribution in [0.15, 0.2) is 24.3 Å². The molecule has 3 rings (SSSR count). The van der Waals surface area contributed by atoms with E-state index in [4.69, 9.17) is 5.73 Å². The second-order valence-corrected chi connectivity index (χ2v) is 7.31. The lowest BCUT2D eigenvalue weighted by molar-refractivity contribution is -0.132. The van der Waals surface area contributed by atoms with Gasteiger partial charge in [-0.05, 0) is 18.9 Å². The smallest absolute Gasteiger partial charge is 0.252 e. The van der Waals surface area contributed by atoms with Crippen molar-refractivity contribution in [2.24, 2.45) is 17.1 Å². The fraction of sp³-hybridized carbons (Fsp3) is 0.500. The molecule has 1 fully saturated rings. The van der Waals surface area contributed by atoms with Gasteiger partial charge < -0.3 is 16.0 Å². The molecular weight excluding hydrogens is 306 g/mol. The lowest BCUT2D eigenvalue weighted by atomic mass is 9.78. The topological polar surface area (TPSA) is 92.5 Å². The molecule has 6 nitrogen and oxygen atoms in total. The van der Waals surface area contributed by atoms with Crippen molar-refractivity contribution in [1.29, 1.82) is 0 Å². The highest BCUT2D eigenvalue weighted by atomic mass is 16.2. The number of fused-ring (bicyclic) bond motifs is 2. The van der Waals surface area contributed by atoms with Crippen LogP contribution in [-0.4, -0.2) is 47.7 Å². The number of likely N-dealkylation sites (tertiary alicyclic amines) is 1. The largest absolute Gasteiger partial charge is 0.346 e. The molecule has 128 valence electrons. The van der Waals surface area contributed by atoms with E-state index in [0.29, 0.717) is 17.7 Å². The number of ketones is 1. The summed E-state index contributed by atoms with van der Waals surface area (Å²) in [5.41, 5.74) is 5.96. The molecule has 2 aliphatic heterocycles. The van der Waals surface area contributed by atoms with Crippen LogP contribution in [0.2, 0.25) is 0 Å². The highest BCUT2D eigenvalue weighted by Gasteiger charge is 2.53. The molecule has 1 aromatic rings. The van der Waals surface area contributed by atoms with Crippen molar-refractivity contribution in [1.82, 2.24) is 10.2 Å². The van der Waals surface area contributed by atoms with Gasteiger partial charge in [0.05, 0.1) is 23.1 Å². The van der Waals surface area contributed by atoms with Crippen molar-refractivity contribution >= 4 is 17.6 Å². The fourth-order valence-corrected chi connectivity index (χ4v) is 3.51.